The van der Waals surface area contributed by atoms with E-state index in [0.29, 0.717) is 20.5 Å². The number of hydrogen-bond donors (Lipinski definition) is 1. The van der Waals surface area contributed by atoms with Crippen LogP contribution in [0.1, 0.15) is 15.9 Å². The second-order valence-corrected chi connectivity index (χ2v) is 6.42. The van der Waals surface area contributed by atoms with E-state index in [4.69, 9.17) is 12.2 Å². The third kappa shape index (κ3) is 3.04. The number of anilines is 1. The lowest BCUT2D eigenvalue weighted by Crippen LogP contribution is -2.27. The van der Waals surface area contributed by atoms with Gasteiger partial charge in [0.1, 0.15) is 0 Å². The van der Waals surface area contributed by atoms with E-state index in [1.54, 1.807) is 36.4 Å². The minimum Gasteiger partial charge on any atom is -0.478 e. The van der Waals surface area contributed by atoms with Crippen molar-refractivity contribution in [3.8, 4) is 0 Å². The van der Waals surface area contributed by atoms with Crippen LogP contribution in [0.5, 0.6) is 0 Å². The third-order valence-corrected chi connectivity index (χ3v) is 4.59. The summed E-state index contributed by atoms with van der Waals surface area (Å²) < 4.78 is 0.431. The van der Waals surface area contributed by atoms with E-state index in [9.17, 15) is 14.7 Å². The number of carbonyl (C=O) groups is 2. The molecule has 1 fully saturated rings. The fourth-order valence-electron chi connectivity index (χ4n) is 2.23. The summed E-state index contributed by atoms with van der Waals surface area (Å²) >= 11 is 6.46. The van der Waals surface area contributed by atoms with Crippen molar-refractivity contribution in [2.75, 3.05) is 4.90 Å². The summed E-state index contributed by atoms with van der Waals surface area (Å²) in [6.45, 7) is 0. The topological polar surface area (TPSA) is 57.6 Å². The van der Waals surface area contributed by atoms with Gasteiger partial charge in [-0.2, -0.15) is 0 Å². The highest BCUT2D eigenvalue weighted by Crippen LogP contribution is 2.36. The van der Waals surface area contributed by atoms with Crippen LogP contribution in [0.2, 0.25) is 0 Å². The summed E-state index contributed by atoms with van der Waals surface area (Å²) in [7, 11) is 0. The Hall–Kier alpha value is -2.44. The molecule has 6 heteroatoms. The van der Waals surface area contributed by atoms with Crippen molar-refractivity contribution in [1.82, 2.24) is 0 Å². The number of hydrogen-bond acceptors (Lipinski definition) is 4. The molecule has 1 N–H and O–H groups in total. The van der Waals surface area contributed by atoms with Gasteiger partial charge in [0.25, 0.3) is 5.91 Å². The molecule has 0 atom stereocenters. The smallest absolute Gasteiger partial charge is 0.336 e. The molecule has 1 aliphatic rings. The Bertz CT molecular complexity index is 831. The van der Waals surface area contributed by atoms with Gasteiger partial charge in [-0.1, -0.05) is 60.4 Å². The SMILES string of the molecule is O=C(O)c1ccccc1/C=C1/SC(=S)N(c2ccccc2)C1=O. The summed E-state index contributed by atoms with van der Waals surface area (Å²) in [5.74, 6) is -1.28. The Labute approximate surface area is 142 Å². The van der Waals surface area contributed by atoms with Crippen LogP contribution in [0.3, 0.4) is 0 Å². The second kappa shape index (κ2) is 6.36. The van der Waals surface area contributed by atoms with Gasteiger partial charge in [0.05, 0.1) is 16.2 Å². The van der Waals surface area contributed by atoms with Gasteiger partial charge in [-0.15, -0.1) is 0 Å². The number of amides is 1. The molecule has 0 radical (unpaired) electrons. The molecule has 0 spiro atoms. The highest BCUT2D eigenvalue weighted by molar-refractivity contribution is 8.27. The quantitative estimate of drug-likeness (QED) is 0.680. The lowest BCUT2D eigenvalue weighted by molar-refractivity contribution is -0.113. The first-order chi connectivity index (χ1) is 11.1. The molecular weight excluding hydrogens is 330 g/mol. The van der Waals surface area contributed by atoms with Gasteiger partial charge >= 0.3 is 5.97 Å². The maximum Gasteiger partial charge on any atom is 0.336 e. The molecule has 4 nitrogen and oxygen atoms in total. The summed E-state index contributed by atoms with van der Waals surface area (Å²) in [6.07, 6.45) is 1.58. The van der Waals surface area contributed by atoms with E-state index >= 15 is 0 Å². The van der Waals surface area contributed by atoms with Crippen LogP contribution in [0.4, 0.5) is 5.69 Å². The van der Waals surface area contributed by atoms with Crippen molar-refractivity contribution < 1.29 is 14.7 Å². The molecule has 0 aromatic heterocycles. The standard InChI is InChI=1S/C17H11NO3S2/c19-15-14(10-11-6-4-5-9-13(11)16(20)21)23-17(22)18(15)12-7-2-1-3-8-12/h1-10H,(H,20,21)/b14-10+. The number of thiocarbonyl (C=S) groups is 1. The van der Waals surface area contributed by atoms with Gasteiger partial charge in [0.15, 0.2) is 4.32 Å². The van der Waals surface area contributed by atoms with Crippen LogP contribution in [0, 0.1) is 0 Å². The van der Waals surface area contributed by atoms with Crippen molar-refractivity contribution in [2.45, 2.75) is 0 Å². The number of nitrogens with zero attached hydrogens (tertiary/aromatic N) is 1. The number of benzene rings is 2. The minimum atomic E-state index is -1.03. The predicted molar refractivity (Wildman–Crippen MR) is 95.5 cm³/mol. The Balaban J connectivity index is 1.99. The van der Waals surface area contributed by atoms with Crippen LogP contribution < -0.4 is 4.90 Å². The Morgan fingerprint density at radius 3 is 2.43 bits per heavy atom. The van der Waals surface area contributed by atoms with E-state index in [0.717, 1.165) is 0 Å². The molecule has 1 amide bonds. The Morgan fingerprint density at radius 1 is 1.09 bits per heavy atom. The molecule has 114 valence electrons. The van der Waals surface area contributed by atoms with Gasteiger partial charge in [0, 0.05) is 0 Å². The van der Waals surface area contributed by atoms with Crippen molar-refractivity contribution >= 4 is 51.9 Å². The van der Waals surface area contributed by atoms with Crippen LogP contribution in [-0.4, -0.2) is 21.3 Å². The van der Waals surface area contributed by atoms with E-state index in [2.05, 4.69) is 0 Å². The molecule has 0 aliphatic carbocycles. The first kappa shape index (κ1) is 15.5. The number of carboxylic acid groups (broad SMARTS) is 1. The predicted octanol–water partition coefficient (Wildman–Crippen LogP) is 3.79. The molecule has 2 aromatic rings. The molecule has 2 aromatic carbocycles. The summed E-state index contributed by atoms with van der Waals surface area (Å²) in [6, 6.07) is 15.7. The number of thioether (sulfide) groups is 1. The fraction of sp³-hybridized carbons (Fsp3) is 0. The molecule has 23 heavy (non-hydrogen) atoms. The number of rotatable bonds is 3. The van der Waals surface area contributed by atoms with Crippen LogP contribution >= 0.6 is 24.0 Å². The maximum absolute atomic E-state index is 12.6. The lowest BCUT2D eigenvalue weighted by Gasteiger charge is -2.13. The van der Waals surface area contributed by atoms with Crippen LogP contribution in [0.15, 0.2) is 59.5 Å². The molecule has 3 rings (SSSR count). The first-order valence-corrected chi connectivity index (χ1v) is 7.96. The lowest BCUT2D eigenvalue weighted by atomic mass is 10.1. The van der Waals surface area contributed by atoms with Crippen LogP contribution in [-0.2, 0) is 4.79 Å². The van der Waals surface area contributed by atoms with Gasteiger partial charge in [-0.05, 0) is 29.8 Å². The Kier molecular flexibility index (Phi) is 4.27. The van der Waals surface area contributed by atoms with Crippen molar-refractivity contribution in [3.63, 3.8) is 0 Å². The monoisotopic (exact) mass is 341 g/mol. The highest BCUT2D eigenvalue weighted by Gasteiger charge is 2.33. The zero-order valence-corrected chi connectivity index (χ0v) is 13.4. The van der Waals surface area contributed by atoms with Crippen molar-refractivity contribution in [3.05, 3.63) is 70.6 Å². The summed E-state index contributed by atoms with van der Waals surface area (Å²) in [5.41, 5.74) is 1.33. The Morgan fingerprint density at radius 2 is 1.74 bits per heavy atom. The number of aromatic carboxylic acids is 1. The van der Waals surface area contributed by atoms with Gasteiger partial charge in [-0.25, -0.2) is 4.79 Å². The number of carbonyl (C=O) groups excluding carboxylic acids is 1. The zero-order chi connectivity index (χ0) is 16.4. The normalized spacial score (nSPS) is 16.2. The zero-order valence-electron chi connectivity index (χ0n) is 11.8. The minimum absolute atomic E-state index is 0.150. The first-order valence-electron chi connectivity index (χ1n) is 6.73. The maximum atomic E-state index is 12.6. The average molecular weight is 341 g/mol. The van der Waals surface area contributed by atoms with Crippen molar-refractivity contribution in [1.29, 1.82) is 0 Å². The average Bonchev–Trinajstić information content (AvgIpc) is 2.82. The summed E-state index contributed by atoms with van der Waals surface area (Å²) in [4.78, 5) is 25.7. The third-order valence-electron chi connectivity index (χ3n) is 3.29. The van der Waals surface area contributed by atoms with Crippen molar-refractivity contribution in [2.24, 2.45) is 0 Å². The number of para-hydroxylation sites is 1. The van der Waals surface area contributed by atoms with E-state index < -0.39 is 5.97 Å². The van der Waals surface area contributed by atoms with E-state index in [-0.39, 0.29) is 11.5 Å². The highest BCUT2D eigenvalue weighted by atomic mass is 32.2. The van der Waals surface area contributed by atoms with Gasteiger partial charge < -0.3 is 5.11 Å². The molecule has 1 saturated heterocycles. The van der Waals surface area contributed by atoms with E-state index in [1.807, 2.05) is 18.2 Å². The largest absolute Gasteiger partial charge is 0.478 e. The fourth-order valence-corrected chi connectivity index (χ4v) is 3.52. The molecule has 0 unspecified atom stereocenters. The van der Waals surface area contributed by atoms with Crippen LogP contribution in [0.25, 0.3) is 6.08 Å². The van der Waals surface area contributed by atoms with E-state index in [1.165, 1.54) is 22.7 Å². The van der Waals surface area contributed by atoms with Gasteiger partial charge in [-0.3, -0.25) is 9.69 Å². The molecule has 0 saturated carbocycles. The second-order valence-electron chi connectivity index (χ2n) is 4.75. The number of carboxylic acids is 1. The molecule has 1 aliphatic heterocycles. The molecule has 0 bridgehead atoms. The van der Waals surface area contributed by atoms with Gasteiger partial charge in [0.2, 0.25) is 0 Å². The summed E-state index contributed by atoms with van der Waals surface area (Å²) in [5, 5.41) is 9.23. The molecule has 1 heterocycles. The molecular formula is C17H11NO3S2.